The quantitative estimate of drug-likeness (QED) is 0.618. The Balaban J connectivity index is 1.85. The Kier molecular flexibility index (Phi) is 6.33. The van der Waals surface area contributed by atoms with Crippen molar-refractivity contribution in [1.82, 2.24) is 14.9 Å². The summed E-state index contributed by atoms with van der Waals surface area (Å²) >= 11 is 1.48. The number of rotatable bonds is 6. The number of hydrogen-bond acceptors (Lipinski definition) is 5. The van der Waals surface area contributed by atoms with E-state index in [9.17, 15) is 14.4 Å². The van der Waals surface area contributed by atoms with Crippen LogP contribution >= 0.6 is 11.3 Å². The standard InChI is InChI=1S/C22H22N4O3S/c1-5-16-7-6-8-17(11-16)26(12-18(27)23-4)19(28)9-10-25-13-24-21-20(22(25)29)14(2)15(3)30-21/h1,6-8,11,13H,9-10,12H2,2-4H3,(H,23,27). The smallest absolute Gasteiger partial charge is 0.262 e. The maximum atomic E-state index is 13.0. The molecule has 154 valence electrons. The first-order valence-electron chi connectivity index (χ1n) is 9.38. The molecule has 2 amide bonds. The van der Waals surface area contributed by atoms with Gasteiger partial charge in [-0.1, -0.05) is 12.0 Å². The molecular formula is C22H22N4O3S. The molecule has 0 bridgehead atoms. The van der Waals surface area contributed by atoms with E-state index in [2.05, 4.69) is 16.2 Å². The van der Waals surface area contributed by atoms with Gasteiger partial charge in [-0.3, -0.25) is 19.0 Å². The van der Waals surface area contributed by atoms with Crippen LogP contribution in [0.2, 0.25) is 0 Å². The minimum absolute atomic E-state index is 0.0343. The van der Waals surface area contributed by atoms with E-state index in [0.29, 0.717) is 21.5 Å². The van der Waals surface area contributed by atoms with E-state index in [1.165, 1.54) is 34.2 Å². The molecule has 0 radical (unpaired) electrons. The molecule has 0 atom stereocenters. The number of aromatic nitrogens is 2. The van der Waals surface area contributed by atoms with Crippen LogP contribution in [0.25, 0.3) is 10.2 Å². The predicted molar refractivity (Wildman–Crippen MR) is 119 cm³/mol. The number of nitrogens with zero attached hydrogens (tertiary/aromatic N) is 3. The van der Waals surface area contributed by atoms with Crippen molar-refractivity contribution in [3.63, 3.8) is 0 Å². The van der Waals surface area contributed by atoms with Crippen molar-refractivity contribution in [1.29, 1.82) is 0 Å². The molecule has 3 aromatic rings. The number of carbonyl (C=O) groups is 2. The number of carbonyl (C=O) groups excluding carboxylic acids is 2. The van der Waals surface area contributed by atoms with Crippen LogP contribution in [-0.4, -0.2) is 35.0 Å². The Morgan fingerprint density at radius 3 is 2.80 bits per heavy atom. The van der Waals surface area contributed by atoms with Crippen LogP contribution in [0.4, 0.5) is 5.69 Å². The van der Waals surface area contributed by atoms with Gasteiger partial charge in [0.1, 0.15) is 11.4 Å². The number of benzene rings is 1. The maximum absolute atomic E-state index is 13.0. The van der Waals surface area contributed by atoms with Crippen molar-refractivity contribution in [3.8, 4) is 12.3 Å². The van der Waals surface area contributed by atoms with E-state index in [-0.39, 0.29) is 36.9 Å². The van der Waals surface area contributed by atoms with Crippen LogP contribution in [0.3, 0.4) is 0 Å². The highest BCUT2D eigenvalue weighted by atomic mass is 32.1. The zero-order valence-electron chi connectivity index (χ0n) is 17.1. The zero-order valence-corrected chi connectivity index (χ0v) is 17.9. The summed E-state index contributed by atoms with van der Waals surface area (Å²) in [5.41, 5.74) is 1.89. The SMILES string of the molecule is C#Cc1cccc(N(CC(=O)NC)C(=O)CCn2cnc3sc(C)c(C)c3c2=O)c1. The molecule has 3 rings (SSSR count). The number of thiophene rings is 1. The highest BCUT2D eigenvalue weighted by Gasteiger charge is 2.20. The fourth-order valence-corrected chi connectivity index (χ4v) is 4.08. The van der Waals surface area contributed by atoms with Crippen molar-refractivity contribution >= 4 is 39.1 Å². The summed E-state index contributed by atoms with van der Waals surface area (Å²) in [6.07, 6.45) is 6.96. The first-order chi connectivity index (χ1) is 14.3. The topological polar surface area (TPSA) is 84.3 Å². The number of hydrogen-bond donors (Lipinski definition) is 1. The fraction of sp³-hybridized carbons (Fsp3) is 0.273. The molecule has 1 aromatic carbocycles. The van der Waals surface area contributed by atoms with E-state index in [1.807, 2.05) is 13.8 Å². The van der Waals surface area contributed by atoms with Crippen molar-refractivity contribution in [2.24, 2.45) is 0 Å². The Hall–Kier alpha value is -3.44. The van der Waals surface area contributed by atoms with Gasteiger partial charge in [0.2, 0.25) is 11.8 Å². The summed E-state index contributed by atoms with van der Waals surface area (Å²) in [5, 5.41) is 3.12. The van der Waals surface area contributed by atoms with Crippen molar-refractivity contribution < 1.29 is 9.59 Å². The molecule has 7 nitrogen and oxygen atoms in total. The Labute approximate surface area is 178 Å². The van der Waals surface area contributed by atoms with Gasteiger partial charge in [0.15, 0.2) is 0 Å². The molecule has 0 aliphatic heterocycles. The van der Waals surface area contributed by atoms with Gasteiger partial charge in [0.25, 0.3) is 5.56 Å². The number of aryl methyl sites for hydroxylation is 3. The second kappa shape index (κ2) is 8.93. The third-order valence-corrected chi connectivity index (χ3v) is 6.04. The van der Waals surface area contributed by atoms with Gasteiger partial charge in [0, 0.05) is 36.1 Å². The van der Waals surface area contributed by atoms with Gasteiger partial charge < -0.3 is 10.2 Å². The molecule has 0 aliphatic rings. The lowest BCUT2D eigenvalue weighted by molar-refractivity contribution is -0.123. The molecule has 0 aliphatic carbocycles. The molecule has 0 saturated heterocycles. The van der Waals surface area contributed by atoms with Crippen LogP contribution in [0.5, 0.6) is 0 Å². The zero-order chi connectivity index (χ0) is 21.8. The maximum Gasteiger partial charge on any atom is 0.262 e. The first-order valence-corrected chi connectivity index (χ1v) is 10.2. The van der Waals surface area contributed by atoms with Crippen molar-refractivity contribution in [2.75, 3.05) is 18.5 Å². The van der Waals surface area contributed by atoms with Crippen LogP contribution in [-0.2, 0) is 16.1 Å². The largest absolute Gasteiger partial charge is 0.358 e. The van der Waals surface area contributed by atoms with Gasteiger partial charge >= 0.3 is 0 Å². The molecule has 0 unspecified atom stereocenters. The number of likely N-dealkylation sites (N-methyl/N-ethyl adjacent to an activating group) is 1. The average Bonchev–Trinajstić information content (AvgIpc) is 3.05. The Bertz CT molecular complexity index is 1220. The number of nitrogens with one attached hydrogen (secondary N) is 1. The predicted octanol–water partition coefficient (Wildman–Crippen LogP) is 2.23. The summed E-state index contributed by atoms with van der Waals surface area (Å²) in [7, 11) is 1.51. The summed E-state index contributed by atoms with van der Waals surface area (Å²) in [6.45, 7) is 3.87. The molecule has 30 heavy (non-hydrogen) atoms. The lowest BCUT2D eigenvalue weighted by Gasteiger charge is -2.22. The van der Waals surface area contributed by atoms with Crippen LogP contribution in [0.15, 0.2) is 35.4 Å². The van der Waals surface area contributed by atoms with Crippen molar-refractivity contribution in [3.05, 3.63) is 57.0 Å². The van der Waals surface area contributed by atoms with E-state index >= 15 is 0 Å². The highest BCUT2D eigenvalue weighted by molar-refractivity contribution is 7.18. The summed E-state index contributed by atoms with van der Waals surface area (Å²) < 4.78 is 1.44. The minimum Gasteiger partial charge on any atom is -0.358 e. The summed E-state index contributed by atoms with van der Waals surface area (Å²) in [6, 6.07) is 6.88. The summed E-state index contributed by atoms with van der Waals surface area (Å²) in [5.74, 6) is 1.93. The third kappa shape index (κ3) is 4.26. The van der Waals surface area contributed by atoms with E-state index in [4.69, 9.17) is 6.42 Å². The van der Waals surface area contributed by atoms with Crippen LogP contribution in [0.1, 0.15) is 22.4 Å². The molecule has 0 spiro atoms. The monoisotopic (exact) mass is 422 g/mol. The average molecular weight is 423 g/mol. The summed E-state index contributed by atoms with van der Waals surface area (Å²) in [4.78, 5) is 45.3. The highest BCUT2D eigenvalue weighted by Crippen LogP contribution is 2.25. The van der Waals surface area contributed by atoms with E-state index < -0.39 is 0 Å². The van der Waals surface area contributed by atoms with Crippen molar-refractivity contribution in [2.45, 2.75) is 26.8 Å². The fourth-order valence-electron chi connectivity index (χ4n) is 3.09. The second-order valence-electron chi connectivity index (χ2n) is 6.80. The van der Waals surface area contributed by atoms with Gasteiger partial charge in [0.05, 0.1) is 11.7 Å². The number of fused-ring (bicyclic) bond motifs is 1. The number of anilines is 1. The normalized spacial score (nSPS) is 10.6. The van der Waals surface area contributed by atoms with E-state index in [1.54, 1.807) is 24.3 Å². The van der Waals surface area contributed by atoms with Gasteiger partial charge in [-0.25, -0.2) is 4.98 Å². The van der Waals surface area contributed by atoms with E-state index in [0.717, 1.165) is 10.4 Å². The third-order valence-electron chi connectivity index (χ3n) is 4.93. The lowest BCUT2D eigenvalue weighted by Crippen LogP contribution is -2.40. The molecule has 2 aromatic heterocycles. The molecule has 1 N–H and O–H groups in total. The Morgan fingerprint density at radius 1 is 1.33 bits per heavy atom. The molecular weight excluding hydrogens is 400 g/mol. The Morgan fingerprint density at radius 2 is 2.10 bits per heavy atom. The molecule has 8 heteroatoms. The molecule has 2 heterocycles. The number of amides is 2. The molecule has 0 saturated carbocycles. The van der Waals surface area contributed by atoms with Crippen LogP contribution in [0, 0.1) is 26.2 Å². The van der Waals surface area contributed by atoms with Gasteiger partial charge in [-0.2, -0.15) is 0 Å². The molecule has 0 fully saturated rings. The van der Waals surface area contributed by atoms with Crippen LogP contribution < -0.4 is 15.8 Å². The van der Waals surface area contributed by atoms with Gasteiger partial charge in [-0.15, -0.1) is 17.8 Å². The second-order valence-corrected chi connectivity index (χ2v) is 8.01. The number of terminal acetylenes is 1. The minimum atomic E-state index is -0.306. The van der Waals surface area contributed by atoms with Gasteiger partial charge in [-0.05, 0) is 37.6 Å². The first kappa shape index (κ1) is 21.3. The lowest BCUT2D eigenvalue weighted by atomic mass is 10.2.